The van der Waals surface area contributed by atoms with Gasteiger partial charge in [-0.15, -0.1) is 11.3 Å². The molecule has 1 amide bonds. The van der Waals surface area contributed by atoms with Gasteiger partial charge in [-0.1, -0.05) is 11.6 Å². The molecular formula is C22H21NO5S. The first-order valence-corrected chi connectivity index (χ1v) is 10.2. The minimum absolute atomic E-state index is 0.140. The van der Waals surface area contributed by atoms with Gasteiger partial charge < -0.3 is 18.5 Å². The van der Waals surface area contributed by atoms with Crippen LogP contribution in [0.4, 0.5) is 0 Å². The van der Waals surface area contributed by atoms with E-state index in [4.69, 9.17) is 13.6 Å². The van der Waals surface area contributed by atoms with E-state index in [-0.39, 0.29) is 5.91 Å². The Kier molecular flexibility index (Phi) is 5.51. The highest BCUT2D eigenvalue weighted by atomic mass is 32.1. The molecule has 0 unspecified atom stereocenters. The van der Waals surface area contributed by atoms with Crippen LogP contribution in [-0.2, 0) is 11.3 Å². The second kappa shape index (κ2) is 8.23. The van der Waals surface area contributed by atoms with Crippen LogP contribution in [0, 0.1) is 6.92 Å². The Bertz CT molecular complexity index is 1210. The predicted octanol–water partition coefficient (Wildman–Crippen LogP) is 4.59. The molecule has 1 aromatic carbocycles. The molecule has 0 aliphatic heterocycles. The van der Waals surface area contributed by atoms with Gasteiger partial charge in [0.2, 0.25) is 0 Å². The Balaban J connectivity index is 1.73. The predicted molar refractivity (Wildman–Crippen MR) is 113 cm³/mol. The van der Waals surface area contributed by atoms with E-state index in [1.807, 2.05) is 25.1 Å². The third-order valence-corrected chi connectivity index (χ3v) is 5.89. The summed E-state index contributed by atoms with van der Waals surface area (Å²) < 4.78 is 16.8. The zero-order chi connectivity index (χ0) is 20.4. The number of benzene rings is 1. The number of rotatable bonds is 7. The number of aryl methyl sites for hydroxylation is 1. The number of nitrogens with zero attached hydrogens (tertiary/aromatic N) is 1. The number of hydrogen-bond acceptors (Lipinski definition) is 6. The molecule has 4 rings (SSSR count). The molecule has 29 heavy (non-hydrogen) atoms. The van der Waals surface area contributed by atoms with Gasteiger partial charge in [-0.25, -0.2) is 4.79 Å². The third-order valence-electron chi connectivity index (χ3n) is 4.74. The van der Waals surface area contributed by atoms with Crippen LogP contribution in [0.25, 0.3) is 21.1 Å². The third kappa shape index (κ3) is 3.97. The molecule has 3 heterocycles. The van der Waals surface area contributed by atoms with Crippen molar-refractivity contribution in [2.45, 2.75) is 19.9 Å². The van der Waals surface area contributed by atoms with Crippen molar-refractivity contribution in [3.63, 3.8) is 0 Å². The van der Waals surface area contributed by atoms with Crippen LogP contribution in [-0.4, -0.2) is 31.1 Å². The molecule has 0 spiro atoms. The van der Waals surface area contributed by atoms with E-state index in [9.17, 15) is 9.59 Å². The average Bonchev–Trinajstić information content (AvgIpc) is 3.38. The fraction of sp³-hybridized carbons (Fsp3) is 0.273. The zero-order valence-electron chi connectivity index (χ0n) is 16.3. The van der Waals surface area contributed by atoms with E-state index in [2.05, 4.69) is 0 Å². The van der Waals surface area contributed by atoms with Crippen LogP contribution in [0.5, 0.6) is 0 Å². The molecule has 0 aliphatic carbocycles. The van der Waals surface area contributed by atoms with E-state index in [1.54, 1.807) is 36.5 Å². The summed E-state index contributed by atoms with van der Waals surface area (Å²) in [7, 11) is 1.64. The maximum absolute atomic E-state index is 13.3. The lowest BCUT2D eigenvalue weighted by Gasteiger charge is -2.20. The molecular weight excluding hydrogens is 390 g/mol. The largest absolute Gasteiger partial charge is 0.467 e. The first-order chi connectivity index (χ1) is 14.1. The van der Waals surface area contributed by atoms with Crippen molar-refractivity contribution in [3.8, 4) is 0 Å². The second-order valence-electron chi connectivity index (χ2n) is 6.90. The molecule has 0 bridgehead atoms. The summed E-state index contributed by atoms with van der Waals surface area (Å²) in [6.07, 6.45) is 2.30. The Hall–Kier alpha value is -2.90. The van der Waals surface area contributed by atoms with Crippen LogP contribution < -0.4 is 5.63 Å². The number of hydrogen-bond donors (Lipinski definition) is 0. The normalized spacial score (nSPS) is 11.4. The fourth-order valence-electron chi connectivity index (χ4n) is 3.31. The highest BCUT2D eigenvalue weighted by Crippen LogP contribution is 2.32. The van der Waals surface area contributed by atoms with Gasteiger partial charge >= 0.3 is 5.63 Å². The van der Waals surface area contributed by atoms with Crippen LogP contribution >= 0.6 is 11.3 Å². The summed E-state index contributed by atoms with van der Waals surface area (Å²) in [5, 5.41) is 1.28. The first kappa shape index (κ1) is 19.4. The summed E-state index contributed by atoms with van der Waals surface area (Å²) in [5.74, 6) is 0.566. The maximum atomic E-state index is 13.3. The van der Waals surface area contributed by atoms with Crippen LogP contribution in [0.3, 0.4) is 0 Å². The lowest BCUT2D eigenvalue weighted by molar-refractivity contribution is 0.0716. The van der Waals surface area contributed by atoms with E-state index in [0.717, 1.165) is 15.6 Å². The van der Waals surface area contributed by atoms with Gasteiger partial charge in [-0.05, 0) is 43.7 Å². The Morgan fingerprint density at radius 1 is 1.21 bits per heavy atom. The molecule has 0 radical (unpaired) electrons. The van der Waals surface area contributed by atoms with Crippen molar-refractivity contribution in [1.82, 2.24) is 4.90 Å². The lowest BCUT2D eigenvalue weighted by Crippen LogP contribution is -2.31. The Labute approximate surface area is 171 Å². The molecule has 0 saturated heterocycles. The van der Waals surface area contributed by atoms with Crippen LogP contribution in [0.2, 0.25) is 0 Å². The topological polar surface area (TPSA) is 72.9 Å². The van der Waals surface area contributed by atoms with Gasteiger partial charge in [0.1, 0.15) is 11.3 Å². The monoisotopic (exact) mass is 411 g/mol. The number of amides is 1. The maximum Gasteiger partial charge on any atom is 0.345 e. The number of methoxy groups -OCH3 is 1. The minimum atomic E-state index is -0.427. The molecule has 0 aliphatic rings. The van der Waals surface area contributed by atoms with Gasteiger partial charge in [0, 0.05) is 25.6 Å². The van der Waals surface area contributed by atoms with Crippen LogP contribution in [0.1, 0.15) is 27.4 Å². The summed E-state index contributed by atoms with van der Waals surface area (Å²) in [5.41, 5.74) is 1.16. The SMILES string of the molecule is COCCCN(Cc1ccco1)C(=O)c1cc2c(=O)oc3ccc(C)cc3c2s1. The van der Waals surface area contributed by atoms with E-state index in [0.29, 0.717) is 47.7 Å². The Morgan fingerprint density at radius 3 is 2.83 bits per heavy atom. The number of fused-ring (bicyclic) bond motifs is 3. The van der Waals surface area contributed by atoms with Crippen molar-refractivity contribution in [1.29, 1.82) is 0 Å². The van der Waals surface area contributed by atoms with Crippen molar-refractivity contribution < 1.29 is 18.4 Å². The zero-order valence-corrected chi connectivity index (χ0v) is 17.1. The summed E-state index contributed by atoms with van der Waals surface area (Å²) in [6, 6.07) is 10.9. The quantitative estimate of drug-likeness (QED) is 0.329. The average molecular weight is 411 g/mol. The minimum Gasteiger partial charge on any atom is -0.467 e. The second-order valence-corrected chi connectivity index (χ2v) is 7.95. The number of thiophene rings is 1. The molecule has 0 saturated carbocycles. The molecule has 3 aromatic heterocycles. The van der Waals surface area contributed by atoms with Gasteiger partial charge in [0.05, 0.1) is 27.8 Å². The smallest absolute Gasteiger partial charge is 0.345 e. The van der Waals surface area contributed by atoms with E-state index in [1.165, 1.54) is 11.3 Å². The van der Waals surface area contributed by atoms with Crippen molar-refractivity contribution >= 4 is 38.3 Å². The van der Waals surface area contributed by atoms with Gasteiger partial charge in [0.15, 0.2) is 0 Å². The molecule has 150 valence electrons. The van der Waals surface area contributed by atoms with Crippen molar-refractivity contribution in [2.24, 2.45) is 0 Å². The number of carbonyl (C=O) groups excluding carboxylic acids is 1. The summed E-state index contributed by atoms with van der Waals surface area (Å²) >= 11 is 1.32. The molecule has 7 heteroatoms. The standard InChI is InChI=1S/C22H21NO5S/c1-14-6-7-18-16(11-14)20-17(22(25)28-18)12-19(29-20)21(24)23(8-4-9-26-2)13-15-5-3-10-27-15/h3,5-7,10-12H,4,8-9,13H2,1-2H3. The number of carbonyl (C=O) groups is 1. The van der Waals surface area contributed by atoms with Gasteiger partial charge in [-0.3, -0.25) is 4.79 Å². The van der Waals surface area contributed by atoms with Gasteiger partial charge in [-0.2, -0.15) is 0 Å². The lowest BCUT2D eigenvalue weighted by atomic mass is 10.1. The Morgan fingerprint density at radius 2 is 2.07 bits per heavy atom. The molecule has 0 fully saturated rings. The first-order valence-electron chi connectivity index (χ1n) is 9.34. The molecule has 4 aromatic rings. The fourth-order valence-corrected chi connectivity index (χ4v) is 4.45. The summed E-state index contributed by atoms with van der Waals surface area (Å²) in [4.78, 5) is 27.9. The molecule has 6 nitrogen and oxygen atoms in total. The van der Waals surface area contributed by atoms with Crippen molar-refractivity contribution in [2.75, 3.05) is 20.3 Å². The highest BCUT2D eigenvalue weighted by Gasteiger charge is 2.21. The van der Waals surface area contributed by atoms with Crippen molar-refractivity contribution in [3.05, 3.63) is 69.3 Å². The van der Waals surface area contributed by atoms with Gasteiger partial charge in [0.25, 0.3) is 5.91 Å². The molecule has 0 atom stereocenters. The highest BCUT2D eigenvalue weighted by molar-refractivity contribution is 7.21. The van der Waals surface area contributed by atoms with E-state index >= 15 is 0 Å². The molecule has 0 N–H and O–H groups in total. The summed E-state index contributed by atoms with van der Waals surface area (Å²) in [6.45, 7) is 3.42. The van der Waals surface area contributed by atoms with E-state index < -0.39 is 5.63 Å². The van der Waals surface area contributed by atoms with Crippen LogP contribution in [0.15, 0.2) is 56.3 Å². The number of ether oxygens (including phenoxy) is 1. The number of furan rings is 1.